The molecule has 2 N–H and O–H groups in total. The normalized spacial score (nSPS) is 11.3. The van der Waals surface area contributed by atoms with E-state index >= 15 is 0 Å². The number of nitrogens with zero attached hydrogens (tertiary/aromatic N) is 1. The van der Waals surface area contributed by atoms with Gasteiger partial charge in [-0.05, 0) is 38.6 Å². The van der Waals surface area contributed by atoms with E-state index < -0.39 is 0 Å². The Hall–Kier alpha value is -1.41. The highest BCUT2D eigenvalue weighted by molar-refractivity contribution is 5.38. The van der Waals surface area contributed by atoms with Crippen molar-refractivity contribution in [1.82, 2.24) is 4.90 Å². The molecule has 0 aliphatic heterocycles. The van der Waals surface area contributed by atoms with E-state index in [0.29, 0.717) is 18.5 Å². The molecule has 4 heteroatoms. The highest BCUT2D eigenvalue weighted by Crippen LogP contribution is 2.17. The molecule has 0 bridgehead atoms. The standard InChI is InChI=1S/C16H22FNO2/c1-16(2,12-20)18(3)11-13-7-8-15(17)14(10-13)6-4-5-9-19/h7-8,10,19-20H,5,9,11-12H2,1-3H3. The molecule has 0 saturated heterocycles. The second-order valence-corrected chi connectivity index (χ2v) is 5.42. The molecule has 0 unspecified atom stereocenters. The largest absolute Gasteiger partial charge is 0.395 e. The van der Waals surface area contributed by atoms with Crippen molar-refractivity contribution in [1.29, 1.82) is 0 Å². The molecule has 0 atom stereocenters. The van der Waals surface area contributed by atoms with Gasteiger partial charge in [0.05, 0.1) is 18.8 Å². The number of aliphatic hydroxyl groups is 2. The zero-order chi connectivity index (χ0) is 15.2. The maximum atomic E-state index is 13.6. The van der Waals surface area contributed by atoms with Gasteiger partial charge in [-0.2, -0.15) is 0 Å². The number of hydrogen-bond acceptors (Lipinski definition) is 3. The number of aliphatic hydroxyl groups excluding tert-OH is 2. The first-order chi connectivity index (χ1) is 9.40. The van der Waals surface area contributed by atoms with E-state index in [1.165, 1.54) is 6.07 Å². The molecule has 110 valence electrons. The lowest BCUT2D eigenvalue weighted by Gasteiger charge is -2.33. The van der Waals surface area contributed by atoms with Crippen molar-refractivity contribution in [3.8, 4) is 11.8 Å². The van der Waals surface area contributed by atoms with Gasteiger partial charge in [-0.25, -0.2) is 4.39 Å². The number of benzene rings is 1. The Morgan fingerprint density at radius 1 is 1.30 bits per heavy atom. The van der Waals surface area contributed by atoms with Crippen molar-refractivity contribution in [2.24, 2.45) is 0 Å². The minimum Gasteiger partial charge on any atom is -0.395 e. The van der Waals surface area contributed by atoms with Crippen LogP contribution in [-0.4, -0.2) is 40.9 Å². The predicted octanol–water partition coefficient (Wildman–Crippen LogP) is 1.76. The quantitative estimate of drug-likeness (QED) is 0.807. The summed E-state index contributed by atoms with van der Waals surface area (Å²) in [6.45, 7) is 4.51. The molecule has 0 spiro atoms. The van der Waals surface area contributed by atoms with Crippen molar-refractivity contribution in [2.45, 2.75) is 32.4 Å². The maximum absolute atomic E-state index is 13.6. The molecular formula is C16H22FNO2. The van der Waals surface area contributed by atoms with Crippen LogP contribution in [0.5, 0.6) is 0 Å². The van der Waals surface area contributed by atoms with E-state index in [-0.39, 0.29) is 24.6 Å². The molecule has 20 heavy (non-hydrogen) atoms. The molecule has 1 aromatic rings. The molecule has 1 rings (SSSR count). The lowest BCUT2D eigenvalue weighted by molar-refractivity contribution is 0.0734. The van der Waals surface area contributed by atoms with Gasteiger partial charge in [0.1, 0.15) is 5.82 Å². The number of halogens is 1. The van der Waals surface area contributed by atoms with Gasteiger partial charge in [-0.1, -0.05) is 17.9 Å². The molecule has 0 fully saturated rings. The van der Waals surface area contributed by atoms with Gasteiger partial charge in [0, 0.05) is 18.5 Å². The van der Waals surface area contributed by atoms with Gasteiger partial charge in [-0.15, -0.1) is 0 Å². The summed E-state index contributed by atoms with van der Waals surface area (Å²) in [5.41, 5.74) is 0.937. The van der Waals surface area contributed by atoms with Crippen molar-refractivity contribution >= 4 is 0 Å². The SMILES string of the molecule is CN(Cc1ccc(F)c(C#CCCO)c1)C(C)(C)CO. The summed E-state index contributed by atoms with van der Waals surface area (Å²) in [5, 5.41) is 18.0. The first-order valence-electron chi connectivity index (χ1n) is 6.61. The molecule has 0 radical (unpaired) electrons. The topological polar surface area (TPSA) is 43.7 Å². The van der Waals surface area contributed by atoms with E-state index in [1.807, 2.05) is 25.8 Å². The molecule has 0 amide bonds. The van der Waals surface area contributed by atoms with Crippen molar-refractivity contribution in [2.75, 3.05) is 20.3 Å². The summed E-state index contributed by atoms with van der Waals surface area (Å²) in [6, 6.07) is 4.83. The summed E-state index contributed by atoms with van der Waals surface area (Å²) in [6.07, 6.45) is 0.334. The third kappa shape index (κ3) is 4.61. The van der Waals surface area contributed by atoms with E-state index in [1.54, 1.807) is 12.1 Å². The summed E-state index contributed by atoms with van der Waals surface area (Å²) in [5.74, 6) is 5.09. The Bertz CT molecular complexity index is 503. The second-order valence-electron chi connectivity index (χ2n) is 5.42. The van der Waals surface area contributed by atoms with Crippen molar-refractivity contribution in [3.63, 3.8) is 0 Å². The summed E-state index contributed by atoms with van der Waals surface area (Å²) < 4.78 is 13.6. The molecule has 0 aliphatic carbocycles. The minimum absolute atomic E-state index is 0.0261. The van der Waals surface area contributed by atoms with E-state index in [9.17, 15) is 9.50 Å². The van der Waals surface area contributed by atoms with Crippen LogP contribution in [0.15, 0.2) is 18.2 Å². The first kappa shape index (κ1) is 16.6. The minimum atomic E-state index is -0.358. The Morgan fingerprint density at radius 3 is 2.60 bits per heavy atom. The van der Waals surface area contributed by atoms with E-state index in [0.717, 1.165) is 5.56 Å². The summed E-state index contributed by atoms with van der Waals surface area (Å²) in [4.78, 5) is 2.01. The number of hydrogen-bond donors (Lipinski definition) is 2. The van der Waals surface area contributed by atoms with Gasteiger partial charge in [0.15, 0.2) is 0 Å². The van der Waals surface area contributed by atoms with Gasteiger partial charge >= 0.3 is 0 Å². The average Bonchev–Trinajstić information content (AvgIpc) is 2.42. The van der Waals surface area contributed by atoms with E-state index in [2.05, 4.69) is 11.8 Å². The van der Waals surface area contributed by atoms with Crippen molar-refractivity contribution < 1.29 is 14.6 Å². The van der Waals surface area contributed by atoms with Gasteiger partial charge < -0.3 is 10.2 Å². The van der Waals surface area contributed by atoms with Crippen LogP contribution in [0.1, 0.15) is 31.4 Å². The van der Waals surface area contributed by atoms with Crippen LogP contribution in [0.3, 0.4) is 0 Å². The fourth-order valence-corrected chi connectivity index (χ4v) is 1.59. The lowest BCUT2D eigenvalue weighted by atomic mass is 10.0. The van der Waals surface area contributed by atoms with Crippen LogP contribution < -0.4 is 0 Å². The molecule has 0 saturated carbocycles. The highest BCUT2D eigenvalue weighted by atomic mass is 19.1. The Balaban J connectivity index is 2.88. The first-order valence-corrected chi connectivity index (χ1v) is 6.61. The van der Waals surface area contributed by atoms with Crippen LogP contribution in [0.4, 0.5) is 4.39 Å². The zero-order valence-corrected chi connectivity index (χ0v) is 12.3. The van der Waals surface area contributed by atoms with Crippen LogP contribution in [0, 0.1) is 17.7 Å². The van der Waals surface area contributed by atoms with Gasteiger partial charge in [0.25, 0.3) is 0 Å². The molecular weight excluding hydrogens is 257 g/mol. The van der Waals surface area contributed by atoms with Gasteiger partial charge in [0.2, 0.25) is 0 Å². The zero-order valence-electron chi connectivity index (χ0n) is 12.3. The predicted molar refractivity (Wildman–Crippen MR) is 77.6 cm³/mol. The van der Waals surface area contributed by atoms with Crippen LogP contribution >= 0.6 is 0 Å². The molecule has 3 nitrogen and oxygen atoms in total. The van der Waals surface area contributed by atoms with E-state index in [4.69, 9.17) is 5.11 Å². The smallest absolute Gasteiger partial charge is 0.138 e. The third-order valence-electron chi connectivity index (χ3n) is 3.33. The average molecular weight is 279 g/mol. The maximum Gasteiger partial charge on any atom is 0.138 e. The van der Waals surface area contributed by atoms with Crippen LogP contribution in [0.25, 0.3) is 0 Å². The van der Waals surface area contributed by atoms with Crippen molar-refractivity contribution in [3.05, 3.63) is 35.1 Å². The lowest BCUT2D eigenvalue weighted by Crippen LogP contribution is -2.43. The fraction of sp³-hybridized carbons (Fsp3) is 0.500. The number of rotatable bonds is 5. The van der Waals surface area contributed by atoms with Gasteiger partial charge in [-0.3, -0.25) is 4.90 Å². The van der Waals surface area contributed by atoms with Crippen LogP contribution in [-0.2, 0) is 6.54 Å². The second kappa shape index (κ2) is 7.39. The molecule has 1 aromatic carbocycles. The third-order valence-corrected chi connectivity index (χ3v) is 3.33. The number of likely N-dealkylation sites (N-methyl/N-ethyl adjacent to an activating group) is 1. The summed E-state index contributed by atoms with van der Waals surface area (Å²) >= 11 is 0. The fourth-order valence-electron chi connectivity index (χ4n) is 1.59. The molecule has 0 heterocycles. The highest BCUT2D eigenvalue weighted by Gasteiger charge is 2.22. The Morgan fingerprint density at radius 2 is 2.00 bits per heavy atom. The van der Waals surface area contributed by atoms with Crippen LogP contribution in [0.2, 0.25) is 0 Å². The monoisotopic (exact) mass is 279 g/mol. The molecule has 0 aromatic heterocycles. The Labute approximate surface area is 120 Å². The summed E-state index contributed by atoms with van der Waals surface area (Å²) in [7, 11) is 1.91. The molecule has 0 aliphatic rings. The Kier molecular flexibility index (Phi) is 6.15.